The van der Waals surface area contributed by atoms with E-state index in [2.05, 4.69) is 17.6 Å². The minimum atomic E-state index is -3.06. The number of amides is 2. The molecule has 3 rings (SSSR count). The number of hydrogen-bond acceptors (Lipinski definition) is 5. The van der Waals surface area contributed by atoms with Crippen molar-refractivity contribution < 1.29 is 18.0 Å². The maximum absolute atomic E-state index is 13.0. The van der Waals surface area contributed by atoms with Crippen LogP contribution in [0.5, 0.6) is 0 Å². The third-order valence-corrected chi connectivity index (χ3v) is 8.09. The second-order valence-corrected chi connectivity index (χ2v) is 11.6. The topological polar surface area (TPSA) is 92.3 Å². The quantitative estimate of drug-likeness (QED) is 0.778. The first-order chi connectivity index (χ1) is 12.6. The van der Waals surface area contributed by atoms with Crippen molar-refractivity contribution in [3.05, 3.63) is 16.0 Å². The molecule has 0 saturated carbocycles. The molecule has 150 valence electrons. The van der Waals surface area contributed by atoms with Crippen LogP contribution in [-0.2, 0) is 27.5 Å². The van der Waals surface area contributed by atoms with E-state index >= 15 is 0 Å². The summed E-state index contributed by atoms with van der Waals surface area (Å²) >= 11 is 1.50. The molecular formula is C19H28N2O4S2. The Morgan fingerprint density at radius 1 is 1.26 bits per heavy atom. The van der Waals surface area contributed by atoms with Crippen molar-refractivity contribution >= 4 is 38.0 Å². The number of rotatable bonds is 5. The lowest BCUT2D eigenvalue weighted by atomic mass is 9.88. The highest BCUT2D eigenvalue weighted by Crippen LogP contribution is 2.40. The summed E-state index contributed by atoms with van der Waals surface area (Å²) in [7, 11) is -3.06. The second kappa shape index (κ2) is 7.91. The molecule has 2 unspecified atom stereocenters. The average molecular weight is 413 g/mol. The highest BCUT2D eigenvalue weighted by atomic mass is 32.2. The van der Waals surface area contributed by atoms with Crippen LogP contribution in [0, 0.1) is 11.8 Å². The van der Waals surface area contributed by atoms with E-state index in [1.807, 2.05) is 13.8 Å². The Morgan fingerprint density at radius 2 is 2.00 bits per heavy atom. The van der Waals surface area contributed by atoms with Crippen molar-refractivity contribution in [2.24, 2.45) is 11.8 Å². The maximum Gasteiger partial charge on any atom is 0.254 e. The van der Waals surface area contributed by atoms with Crippen molar-refractivity contribution in [2.75, 3.05) is 16.8 Å². The monoisotopic (exact) mass is 412 g/mol. The molecule has 1 aliphatic heterocycles. The van der Waals surface area contributed by atoms with Gasteiger partial charge in [-0.3, -0.25) is 9.59 Å². The van der Waals surface area contributed by atoms with Crippen LogP contribution in [0.15, 0.2) is 0 Å². The van der Waals surface area contributed by atoms with Gasteiger partial charge in [0.1, 0.15) is 5.00 Å². The fourth-order valence-electron chi connectivity index (χ4n) is 3.79. The van der Waals surface area contributed by atoms with Gasteiger partial charge in [-0.1, -0.05) is 20.8 Å². The summed E-state index contributed by atoms with van der Waals surface area (Å²) in [6, 6.07) is -0.347. The number of carbonyl (C=O) groups excluding carboxylic acids is 2. The molecule has 1 aliphatic carbocycles. The van der Waals surface area contributed by atoms with E-state index in [0.29, 0.717) is 29.3 Å². The largest absolute Gasteiger partial charge is 0.348 e. The van der Waals surface area contributed by atoms with Crippen LogP contribution in [0.4, 0.5) is 5.00 Å². The zero-order chi connectivity index (χ0) is 19.8. The van der Waals surface area contributed by atoms with Crippen molar-refractivity contribution in [1.29, 1.82) is 0 Å². The third kappa shape index (κ3) is 4.90. The van der Waals surface area contributed by atoms with E-state index in [0.717, 1.165) is 29.7 Å². The van der Waals surface area contributed by atoms with Gasteiger partial charge in [-0.2, -0.15) is 0 Å². The molecule has 0 spiro atoms. The summed E-state index contributed by atoms with van der Waals surface area (Å²) in [6.45, 7) is 6.16. The molecule has 0 bridgehead atoms. The molecule has 6 nitrogen and oxygen atoms in total. The Bertz CT molecular complexity index is 842. The Hall–Kier alpha value is -1.41. The molecule has 8 heteroatoms. The van der Waals surface area contributed by atoms with Crippen LogP contribution in [0.3, 0.4) is 0 Å². The molecule has 1 aromatic rings. The number of thiophene rings is 1. The molecule has 2 aliphatic rings. The first-order valence-electron chi connectivity index (χ1n) is 9.60. The number of carbonyl (C=O) groups is 2. The van der Waals surface area contributed by atoms with Crippen LogP contribution >= 0.6 is 11.3 Å². The molecule has 2 heterocycles. The Morgan fingerprint density at radius 3 is 2.63 bits per heavy atom. The van der Waals surface area contributed by atoms with E-state index in [-0.39, 0.29) is 35.3 Å². The summed E-state index contributed by atoms with van der Waals surface area (Å²) in [5.41, 5.74) is 1.57. The molecule has 2 N–H and O–H groups in total. The summed E-state index contributed by atoms with van der Waals surface area (Å²) in [6.07, 6.45) is 3.60. The predicted octanol–water partition coefficient (Wildman–Crippen LogP) is 2.77. The van der Waals surface area contributed by atoms with E-state index in [4.69, 9.17) is 0 Å². The van der Waals surface area contributed by atoms with E-state index in [1.54, 1.807) is 0 Å². The third-order valence-electron chi connectivity index (χ3n) is 5.15. The van der Waals surface area contributed by atoms with Gasteiger partial charge < -0.3 is 10.6 Å². The Kier molecular flexibility index (Phi) is 5.96. The highest BCUT2D eigenvalue weighted by Gasteiger charge is 2.33. The summed E-state index contributed by atoms with van der Waals surface area (Å²) in [5.74, 6) is 0.566. The first kappa shape index (κ1) is 20.3. The minimum Gasteiger partial charge on any atom is -0.348 e. The van der Waals surface area contributed by atoms with Crippen LogP contribution in [-0.4, -0.2) is 37.8 Å². The minimum absolute atomic E-state index is 0.00283. The van der Waals surface area contributed by atoms with E-state index in [9.17, 15) is 18.0 Å². The molecule has 1 aromatic heterocycles. The van der Waals surface area contributed by atoms with Gasteiger partial charge in [-0.15, -0.1) is 11.3 Å². The zero-order valence-electron chi connectivity index (χ0n) is 16.1. The van der Waals surface area contributed by atoms with Crippen molar-refractivity contribution in [1.82, 2.24) is 5.32 Å². The number of hydrogen-bond donors (Lipinski definition) is 2. The van der Waals surface area contributed by atoms with Crippen LogP contribution in [0.2, 0.25) is 0 Å². The normalized spacial score (nSPS) is 23.9. The lowest BCUT2D eigenvalue weighted by Crippen LogP contribution is -2.36. The zero-order valence-corrected chi connectivity index (χ0v) is 17.8. The SMILES string of the molecule is CC(C)CC(=O)Nc1sc2c(c1C(=O)NC1CCS(=O)(=O)C1)CCC(C)C2. The van der Waals surface area contributed by atoms with Crippen LogP contribution < -0.4 is 10.6 Å². The summed E-state index contributed by atoms with van der Waals surface area (Å²) in [4.78, 5) is 26.5. The number of fused-ring (bicyclic) bond motifs is 1. The van der Waals surface area contributed by atoms with E-state index < -0.39 is 9.84 Å². The second-order valence-electron chi connectivity index (χ2n) is 8.28. The summed E-state index contributed by atoms with van der Waals surface area (Å²) < 4.78 is 23.4. The van der Waals surface area contributed by atoms with Crippen molar-refractivity contribution in [3.63, 3.8) is 0 Å². The maximum atomic E-state index is 13.0. The Labute approximate surface area is 165 Å². The van der Waals surface area contributed by atoms with Gasteiger partial charge in [-0.05, 0) is 43.1 Å². The first-order valence-corrected chi connectivity index (χ1v) is 12.2. The van der Waals surface area contributed by atoms with Gasteiger partial charge in [-0.25, -0.2) is 8.42 Å². The van der Waals surface area contributed by atoms with E-state index in [1.165, 1.54) is 11.3 Å². The van der Waals surface area contributed by atoms with Gasteiger partial charge in [0.15, 0.2) is 9.84 Å². The fourth-order valence-corrected chi connectivity index (χ4v) is 6.89. The smallest absolute Gasteiger partial charge is 0.254 e. The molecule has 0 aromatic carbocycles. The Balaban J connectivity index is 1.85. The lowest BCUT2D eigenvalue weighted by molar-refractivity contribution is -0.116. The number of anilines is 1. The van der Waals surface area contributed by atoms with Gasteiger partial charge in [0.25, 0.3) is 5.91 Å². The van der Waals surface area contributed by atoms with Crippen molar-refractivity contribution in [2.45, 2.75) is 58.9 Å². The molecule has 2 atom stereocenters. The average Bonchev–Trinajstić information content (AvgIpc) is 3.04. The lowest BCUT2D eigenvalue weighted by Gasteiger charge is -2.19. The van der Waals surface area contributed by atoms with Gasteiger partial charge in [0.05, 0.1) is 17.1 Å². The number of nitrogens with one attached hydrogen (secondary N) is 2. The molecule has 1 fully saturated rings. The molecular weight excluding hydrogens is 384 g/mol. The highest BCUT2D eigenvalue weighted by molar-refractivity contribution is 7.91. The molecule has 1 saturated heterocycles. The standard InChI is InChI=1S/C19H28N2O4S2/c1-11(2)8-16(22)21-19-17(14-5-4-12(3)9-15(14)26-19)18(23)20-13-6-7-27(24,25)10-13/h11-13H,4-10H2,1-3H3,(H,20,23)(H,21,22). The van der Waals surface area contributed by atoms with Crippen molar-refractivity contribution in [3.8, 4) is 0 Å². The fraction of sp³-hybridized carbons (Fsp3) is 0.684. The van der Waals surface area contributed by atoms with Gasteiger partial charge >= 0.3 is 0 Å². The predicted molar refractivity (Wildman–Crippen MR) is 108 cm³/mol. The molecule has 27 heavy (non-hydrogen) atoms. The molecule has 0 radical (unpaired) electrons. The molecule has 2 amide bonds. The van der Waals surface area contributed by atoms with Crippen LogP contribution in [0.25, 0.3) is 0 Å². The number of sulfone groups is 1. The van der Waals surface area contributed by atoms with Gasteiger partial charge in [0, 0.05) is 17.3 Å². The summed E-state index contributed by atoms with van der Waals surface area (Å²) in [5, 5.41) is 6.44. The van der Waals surface area contributed by atoms with Gasteiger partial charge in [0.2, 0.25) is 5.91 Å². The van der Waals surface area contributed by atoms with Crippen LogP contribution in [0.1, 0.15) is 60.8 Å².